The van der Waals surface area contributed by atoms with E-state index in [-0.39, 0.29) is 11.8 Å². The second-order valence-electron chi connectivity index (χ2n) is 7.07. The minimum Gasteiger partial charge on any atom is -0.491 e. The van der Waals surface area contributed by atoms with Gasteiger partial charge < -0.3 is 15.0 Å². The average molecular weight is 392 g/mol. The molecule has 1 amide bonds. The molecule has 28 heavy (non-hydrogen) atoms. The number of nitrogens with zero attached hydrogens (tertiary/aromatic N) is 1. The van der Waals surface area contributed by atoms with Crippen LogP contribution in [-0.4, -0.2) is 25.1 Å². The fourth-order valence-corrected chi connectivity index (χ4v) is 3.20. The molecule has 0 saturated carbocycles. The van der Waals surface area contributed by atoms with Crippen LogP contribution in [0.2, 0.25) is 0 Å². The molecule has 1 fully saturated rings. The highest BCUT2D eigenvalue weighted by atomic mass is 19.4. The molecule has 150 valence electrons. The molecular weight excluding hydrogens is 369 g/mol. The first-order valence-corrected chi connectivity index (χ1v) is 9.28. The van der Waals surface area contributed by atoms with Crippen LogP contribution >= 0.6 is 0 Å². The van der Waals surface area contributed by atoms with Crippen LogP contribution in [0.4, 0.5) is 24.5 Å². The number of alkyl halides is 3. The van der Waals surface area contributed by atoms with Crippen molar-refractivity contribution < 1.29 is 22.7 Å². The molecule has 0 atom stereocenters. The summed E-state index contributed by atoms with van der Waals surface area (Å²) in [5, 5.41) is 2.66. The molecular formula is C21H23F3N2O2. The third kappa shape index (κ3) is 4.77. The molecule has 4 nitrogen and oxygen atoms in total. The maximum atomic E-state index is 13.1. The predicted molar refractivity (Wildman–Crippen MR) is 103 cm³/mol. The number of amides is 1. The Balaban J connectivity index is 1.85. The molecule has 1 heterocycles. The van der Waals surface area contributed by atoms with Gasteiger partial charge in [0, 0.05) is 18.7 Å². The van der Waals surface area contributed by atoms with Crippen molar-refractivity contribution in [2.24, 2.45) is 0 Å². The summed E-state index contributed by atoms with van der Waals surface area (Å²) in [6, 6.07) is 10.0. The Morgan fingerprint density at radius 3 is 2.29 bits per heavy atom. The molecule has 0 spiro atoms. The van der Waals surface area contributed by atoms with Crippen molar-refractivity contribution in [2.45, 2.75) is 39.0 Å². The Labute approximate surface area is 162 Å². The summed E-state index contributed by atoms with van der Waals surface area (Å²) in [4.78, 5) is 14.6. The lowest BCUT2D eigenvalue weighted by Crippen LogP contribution is -2.22. The van der Waals surface area contributed by atoms with Gasteiger partial charge in [-0.05, 0) is 69.2 Å². The molecule has 1 saturated heterocycles. The maximum absolute atomic E-state index is 13.1. The summed E-state index contributed by atoms with van der Waals surface area (Å²) in [5.41, 5.74) is 0.343. The van der Waals surface area contributed by atoms with E-state index >= 15 is 0 Å². The van der Waals surface area contributed by atoms with Gasteiger partial charge in [0.1, 0.15) is 5.75 Å². The van der Waals surface area contributed by atoms with E-state index in [2.05, 4.69) is 5.32 Å². The van der Waals surface area contributed by atoms with Crippen LogP contribution in [0.3, 0.4) is 0 Å². The van der Waals surface area contributed by atoms with Gasteiger partial charge >= 0.3 is 6.18 Å². The fourth-order valence-electron chi connectivity index (χ4n) is 3.20. The summed E-state index contributed by atoms with van der Waals surface area (Å²) in [6.45, 7) is 5.31. The number of benzene rings is 2. The van der Waals surface area contributed by atoms with Gasteiger partial charge in [-0.15, -0.1) is 0 Å². The highest BCUT2D eigenvalue weighted by Gasteiger charge is 2.32. The van der Waals surface area contributed by atoms with Crippen molar-refractivity contribution >= 4 is 17.3 Å². The van der Waals surface area contributed by atoms with Crippen molar-refractivity contribution in [3.8, 4) is 5.75 Å². The van der Waals surface area contributed by atoms with Crippen molar-refractivity contribution in [3.05, 3.63) is 53.6 Å². The second-order valence-corrected chi connectivity index (χ2v) is 7.07. The summed E-state index contributed by atoms with van der Waals surface area (Å²) in [5.74, 6) is 0.166. The molecule has 1 aliphatic rings. The summed E-state index contributed by atoms with van der Waals surface area (Å²) >= 11 is 0. The van der Waals surface area contributed by atoms with E-state index in [0.717, 1.165) is 38.1 Å². The monoisotopic (exact) mass is 392 g/mol. The third-order valence-corrected chi connectivity index (χ3v) is 4.51. The average Bonchev–Trinajstić information content (AvgIpc) is 3.15. The van der Waals surface area contributed by atoms with Gasteiger partial charge in [0.05, 0.1) is 23.0 Å². The normalized spacial score (nSPS) is 14.4. The molecule has 1 N–H and O–H groups in total. The van der Waals surface area contributed by atoms with E-state index in [1.54, 1.807) is 24.3 Å². The largest absolute Gasteiger partial charge is 0.491 e. The van der Waals surface area contributed by atoms with E-state index in [9.17, 15) is 18.0 Å². The van der Waals surface area contributed by atoms with E-state index in [1.807, 2.05) is 18.7 Å². The lowest BCUT2D eigenvalue weighted by atomic mass is 10.1. The Kier molecular flexibility index (Phi) is 5.82. The van der Waals surface area contributed by atoms with Crippen LogP contribution in [0.5, 0.6) is 5.75 Å². The van der Waals surface area contributed by atoms with Crippen molar-refractivity contribution in [1.82, 2.24) is 0 Å². The standard InChI is InChI=1S/C21H23F3N2O2/c1-14(2)28-17-8-5-15(6-9-17)20(27)25-18-13-16(21(22,23)24)7-10-19(18)26-11-3-4-12-26/h5-10,13-14H,3-4,11-12H2,1-2H3,(H,25,27). The number of nitrogens with one attached hydrogen (secondary N) is 1. The van der Waals surface area contributed by atoms with E-state index in [1.165, 1.54) is 6.07 Å². The number of anilines is 2. The highest BCUT2D eigenvalue weighted by Crippen LogP contribution is 2.36. The molecule has 2 aromatic carbocycles. The van der Waals surface area contributed by atoms with Crippen LogP contribution < -0.4 is 15.0 Å². The molecule has 0 radical (unpaired) electrons. The molecule has 1 aliphatic heterocycles. The lowest BCUT2D eigenvalue weighted by Gasteiger charge is -2.23. The van der Waals surface area contributed by atoms with E-state index < -0.39 is 17.6 Å². The number of carbonyl (C=O) groups excluding carboxylic acids is 1. The zero-order valence-electron chi connectivity index (χ0n) is 15.8. The van der Waals surface area contributed by atoms with Crippen molar-refractivity contribution in [1.29, 1.82) is 0 Å². The minimum absolute atomic E-state index is 0.00723. The van der Waals surface area contributed by atoms with Gasteiger partial charge in [0.2, 0.25) is 0 Å². The molecule has 0 aromatic heterocycles. The van der Waals surface area contributed by atoms with Crippen LogP contribution in [-0.2, 0) is 6.18 Å². The molecule has 3 rings (SSSR count). The first-order chi connectivity index (χ1) is 13.2. The topological polar surface area (TPSA) is 41.6 Å². The molecule has 0 aliphatic carbocycles. The van der Waals surface area contributed by atoms with Gasteiger partial charge in [-0.1, -0.05) is 0 Å². The first-order valence-electron chi connectivity index (χ1n) is 9.28. The Morgan fingerprint density at radius 1 is 1.07 bits per heavy atom. The molecule has 7 heteroatoms. The lowest BCUT2D eigenvalue weighted by molar-refractivity contribution is -0.137. The van der Waals surface area contributed by atoms with E-state index in [4.69, 9.17) is 4.74 Å². The quantitative estimate of drug-likeness (QED) is 0.746. The van der Waals surface area contributed by atoms with Crippen molar-refractivity contribution in [2.75, 3.05) is 23.3 Å². The van der Waals surface area contributed by atoms with Crippen molar-refractivity contribution in [3.63, 3.8) is 0 Å². The van der Waals surface area contributed by atoms with Crippen LogP contribution in [0.15, 0.2) is 42.5 Å². The van der Waals surface area contributed by atoms with Gasteiger partial charge in [-0.2, -0.15) is 13.2 Å². The van der Waals surface area contributed by atoms with Gasteiger partial charge in [0.15, 0.2) is 0 Å². The zero-order chi connectivity index (χ0) is 20.3. The minimum atomic E-state index is -4.47. The Morgan fingerprint density at radius 2 is 1.71 bits per heavy atom. The SMILES string of the molecule is CC(C)Oc1ccc(C(=O)Nc2cc(C(F)(F)F)ccc2N2CCCC2)cc1. The first kappa shape index (κ1) is 20.0. The maximum Gasteiger partial charge on any atom is 0.416 e. The number of hydrogen-bond donors (Lipinski definition) is 1. The number of ether oxygens (including phenoxy) is 1. The van der Waals surface area contributed by atoms with Gasteiger partial charge in [-0.25, -0.2) is 0 Å². The fraction of sp³-hybridized carbons (Fsp3) is 0.381. The highest BCUT2D eigenvalue weighted by molar-refractivity contribution is 6.06. The Hall–Kier alpha value is -2.70. The summed E-state index contributed by atoms with van der Waals surface area (Å²) in [7, 11) is 0. The van der Waals surface area contributed by atoms with Gasteiger partial charge in [-0.3, -0.25) is 4.79 Å². The second kappa shape index (κ2) is 8.12. The molecule has 0 bridgehead atoms. The van der Waals surface area contributed by atoms with Crippen LogP contribution in [0.25, 0.3) is 0 Å². The zero-order valence-corrected chi connectivity index (χ0v) is 15.8. The number of hydrogen-bond acceptors (Lipinski definition) is 3. The van der Waals surface area contributed by atoms with Crippen LogP contribution in [0.1, 0.15) is 42.6 Å². The van der Waals surface area contributed by atoms with Gasteiger partial charge in [0.25, 0.3) is 5.91 Å². The molecule has 0 unspecified atom stereocenters. The Bertz CT molecular complexity index is 827. The summed E-state index contributed by atoms with van der Waals surface area (Å²) in [6.07, 6.45) is -2.51. The predicted octanol–water partition coefficient (Wildman–Crippen LogP) is 5.35. The number of halogens is 3. The molecule has 2 aromatic rings. The van der Waals surface area contributed by atoms with E-state index in [0.29, 0.717) is 17.0 Å². The number of carbonyl (C=O) groups is 1. The van der Waals surface area contributed by atoms with Crippen LogP contribution in [0, 0.1) is 0 Å². The smallest absolute Gasteiger partial charge is 0.416 e. The third-order valence-electron chi connectivity index (χ3n) is 4.51. The number of rotatable bonds is 5. The summed E-state index contributed by atoms with van der Waals surface area (Å²) < 4.78 is 45.0.